The zero-order chi connectivity index (χ0) is 22.4. The third-order valence-corrected chi connectivity index (χ3v) is 5.47. The van der Waals surface area contributed by atoms with Gasteiger partial charge in [-0.3, -0.25) is 19.1 Å². The van der Waals surface area contributed by atoms with Gasteiger partial charge in [0.05, 0.1) is 6.54 Å². The van der Waals surface area contributed by atoms with Gasteiger partial charge in [-0.05, 0) is 25.8 Å². The van der Waals surface area contributed by atoms with Gasteiger partial charge in [-0.2, -0.15) is 5.10 Å². The van der Waals surface area contributed by atoms with Crippen LogP contribution in [0.25, 0.3) is 0 Å². The fourth-order valence-electron chi connectivity index (χ4n) is 3.42. The Bertz CT molecular complexity index is 943. The molecule has 1 aromatic heterocycles. The van der Waals surface area contributed by atoms with Gasteiger partial charge in [0, 0.05) is 39.4 Å². The summed E-state index contributed by atoms with van der Waals surface area (Å²) in [5, 5.41) is 9.97. The summed E-state index contributed by atoms with van der Waals surface area (Å²) in [5.74, 6) is -0.995. The lowest BCUT2D eigenvalue weighted by atomic mass is 9.96. The number of hydrogen-bond donors (Lipinski definition) is 2. The molecular formula is C22H29N5O4. The van der Waals surface area contributed by atoms with E-state index in [1.54, 1.807) is 14.0 Å². The first kappa shape index (κ1) is 22.5. The van der Waals surface area contributed by atoms with E-state index in [0.29, 0.717) is 32.7 Å². The van der Waals surface area contributed by atoms with Gasteiger partial charge in [0.25, 0.3) is 11.8 Å². The number of amides is 3. The van der Waals surface area contributed by atoms with Crippen LogP contribution in [0.4, 0.5) is 0 Å². The average Bonchev–Trinajstić information content (AvgIpc) is 3.20. The highest BCUT2D eigenvalue weighted by Crippen LogP contribution is 2.26. The molecule has 1 aliphatic heterocycles. The first-order valence-electron chi connectivity index (χ1n) is 10.4. The van der Waals surface area contributed by atoms with Gasteiger partial charge >= 0.3 is 0 Å². The fourth-order valence-corrected chi connectivity index (χ4v) is 3.42. The third-order valence-electron chi connectivity index (χ3n) is 5.47. The average molecular weight is 428 g/mol. The van der Waals surface area contributed by atoms with Crippen molar-refractivity contribution in [1.82, 2.24) is 25.3 Å². The predicted octanol–water partition coefficient (Wildman–Crippen LogP) is 1.20. The van der Waals surface area contributed by atoms with Crippen molar-refractivity contribution in [3.8, 4) is 0 Å². The summed E-state index contributed by atoms with van der Waals surface area (Å²) in [6.45, 7) is 5.78. The Kier molecular flexibility index (Phi) is 7.06. The van der Waals surface area contributed by atoms with Crippen molar-refractivity contribution in [2.24, 2.45) is 0 Å². The smallest absolute Gasteiger partial charge is 0.272 e. The molecule has 2 heterocycles. The van der Waals surface area contributed by atoms with Crippen LogP contribution in [0, 0.1) is 0 Å². The van der Waals surface area contributed by atoms with Crippen LogP contribution in [-0.2, 0) is 22.6 Å². The third kappa shape index (κ3) is 4.93. The normalized spacial score (nSPS) is 17.9. The minimum atomic E-state index is -1.13. The molecule has 0 saturated heterocycles. The predicted molar refractivity (Wildman–Crippen MR) is 114 cm³/mol. The number of benzene rings is 1. The molecule has 0 unspecified atom stereocenters. The van der Waals surface area contributed by atoms with Crippen molar-refractivity contribution in [3.63, 3.8) is 0 Å². The number of rotatable bonds is 9. The molecule has 31 heavy (non-hydrogen) atoms. The molecule has 1 atom stereocenters. The molecule has 3 rings (SSSR count). The van der Waals surface area contributed by atoms with Crippen LogP contribution < -0.4 is 10.6 Å². The van der Waals surface area contributed by atoms with E-state index in [0.717, 1.165) is 5.56 Å². The summed E-state index contributed by atoms with van der Waals surface area (Å²) < 4.78 is 6.69. The number of hydrogen-bond acceptors (Lipinski definition) is 5. The van der Waals surface area contributed by atoms with E-state index in [4.69, 9.17) is 4.74 Å². The van der Waals surface area contributed by atoms with E-state index in [1.807, 2.05) is 37.3 Å². The van der Waals surface area contributed by atoms with Crippen LogP contribution >= 0.6 is 0 Å². The molecule has 9 heteroatoms. The Morgan fingerprint density at radius 2 is 1.97 bits per heavy atom. The van der Waals surface area contributed by atoms with Crippen molar-refractivity contribution in [1.29, 1.82) is 0 Å². The molecule has 0 saturated carbocycles. The molecule has 2 aromatic rings. The number of aromatic nitrogens is 2. The van der Waals surface area contributed by atoms with E-state index in [9.17, 15) is 14.4 Å². The zero-order valence-electron chi connectivity index (χ0n) is 18.2. The van der Waals surface area contributed by atoms with Gasteiger partial charge in [0.1, 0.15) is 11.2 Å². The highest BCUT2D eigenvalue weighted by atomic mass is 16.5. The Balaban J connectivity index is 1.68. The van der Waals surface area contributed by atoms with Gasteiger partial charge in [-0.15, -0.1) is 0 Å². The van der Waals surface area contributed by atoms with Gasteiger partial charge < -0.3 is 20.3 Å². The second-order valence-electron chi connectivity index (χ2n) is 7.69. The van der Waals surface area contributed by atoms with E-state index < -0.39 is 5.54 Å². The quantitative estimate of drug-likeness (QED) is 0.585. The first-order chi connectivity index (χ1) is 14.9. The number of likely N-dealkylation sites (N-methyl/N-ethyl adjacent to an activating group) is 1. The van der Waals surface area contributed by atoms with Crippen molar-refractivity contribution in [2.75, 3.05) is 26.8 Å². The minimum absolute atomic E-state index is 0.155. The maximum absolute atomic E-state index is 13.0. The largest absolute Gasteiger partial charge is 0.382 e. The molecule has 3 amide bonds. The Labute approximate surface area is 181 Å². The molecule has 166 valence electrons. The number of nitrogens with one attached hydrogen (secondary N) is 2. The van der Waals surface area contributed by atoms with Gasteiger partial charge in [-0.1, -0.05) is 30.3 Å². The molecule has 1 aromatic carbocycles. The maximum Gasteiger partial charge on any atom is 0.272 e. The lowest BCUT2D eigenvalue weighted by molar-refractivity contribution is -0.132. The second-order valence-corrected chi connectivity index (χ2v) is 7.69. The minimum Gasteiger partial charge on any atom is -0.382 e. The van der Waals surface area contributed by atoms with Crippen molar-refractivity contribution >= 4 is 17.7 Å². The number of carbonyl (C=O) groups excluding carboxylic acids is 3. The van der Waals surface area contributed by atoms with Crippen LogP contribution in [-0.4, -0.2) is 64.7 Å². The van der Waals surface area contributed by atoms with E-state index in [1.165, 1.54) is 15.6 Å². The molecule has 9 nitrogen and oxygen atoms in total. The second kappa shape index (κ2) is 9.74. The van der Waals surface area contributed by atoms with Crippen LogP contribution in [0.15, 0.2) is 36.4 Å². The van der Waals surface area contributed by atoms with Crippen LogP contribution in [0.5, 0.6) is 0 Å². The number of ether oxygens (including phenoxy) is 1. The molecule has 1 aliphatic rings. The Morgan fingerprint density at radius 3 is 2.68 bits per heavy atom. The molecule has 2 N–H and O–H groups in total. The summed E-state index contributed by atoms with van der Waals surface area (Å²) in [5.41, 5.74) is 0.278. The Morgan fingerprint density at radius 1 is 1.23 bits per heavy atom. The lowest BCUT2D eigenvalue weighted by Crippen LogP contribution is -2.62. The SMILES string of the molecule is CCOCCCNC(=O)c1cc2n(n1)C[C@@](C)(C(=O)NCc1ccccc1)N(C)C2=O. The zero-order valence-corrected chi connectivity index (χ0v) is 18.2. The topological polar surface area (TPSA) is 106 Å². The van der Waals surface area contributed by atoms with Crippen LogP contribution in [0.1, 0.15) is 46.8 Å². The van der Waals surface area contributed by atoms with Gasteiger partial charge in [0.2, 0.25) is 5.91 Å². The summed E-state index contributed by atoms with van der Waals surface area (Å²) in [7, 11) is 1.59. The van der Waals surface area contributed by atoms with Gasteiger partial charge in [-0.25, -0.2) is 0 Å². The molecule has 0 bridgehead atoms. The lowest BCUT2D eigenvalue weighted by Gasteiger charge is -2.40. The number of nitrogens with zero attached hydrogens (tertiary/aromatic N) is 3. The van der Waals surface area contributed by atoms with Crippen molar-refractivity contribution < 1.29 is 19.1 Å². The first-order valence-corrected chi connectivity index (χ1v) is 10.4. The number of fused-ring (bicyclic) bond motifs is 1. The van der Waals surface area contributed by atoms with E-state index in [-0.39, 0.29) is 35.7 Å². The number of carbonyl (C=O) groups is 3. The van der Waals surface area contributed by atoms with Gasteiger partial charge in [0.15, 0.2) is 5.69 Å². The highest BCUT2D eigenvalue weighted by Gasteiger charge is 2.46. The molecule has 0 spiro atoms. The monoisotopic (exact) mass is 427 g/mol. The summed E-state index contributed by atoms with van der Waals surface area (Å²) >= 11 is 0. The van der Waals surface area contributed by atoms with E-state index in [2.05, 4.69) is 15.7 Å². The molecule has 0 fully saturated rings. The summed E-state index contributed by atoms with van der Waals surface area (Å²) in [6, 6.07) is 11.0. The molecule has 0 aliphatic carbocycles. The van der Waals surface area contributed by atoms with Crippen LogP contribution in [0.3, 0.4) is 0 Å². The van der Waals surface area contributed by atoms with E-state index >= 15 is 0 Å². The molecule has 0 radical (unpaired) electrons. The summed E-state index contributed by atoms with van der Waals surface area (Å²) in [4.78, 5) is 39.7. The molecular weight excluding hydrogens is 398 g/mol. The standard InChI is InChI=1S/C22H29N5O4/c1-4-31-12-8-11-23-19(28)17-13-18-20(29)26(3)22(2,15-27(18)25-17)21(30)24-14-16-9-6-5-7-10-16/h5-7,9-10,13H,4,8,11-12,14-15H2,1-3H3,(H,23,28)(H,24,30)/t22-/m0/s1. The van der Waals surface area contributed by atoms with Crippen molar-refractivity contribution in [3.05, 3.63) is 53.3 Å². The fraction of sp³-hybridized carbons (Fsp3) is 0.455. The van der Waals surface area contributed by atoms with Crippen LogP contribution in [0.2, 0.25) is 0 Å². The Hall–Kier alpha value is -3.20. The maximum atomic E-state index is 13.0. The highest BCUT2D eigenvalue weighted by molar-refractivity contribution is 6.01. The summed E-state index contributed by atoms with van der Waals surface area (Å²) in [6.07, 6.45) is 0.689. The van der Waals surface area contributed by atoms with Crippen molar-refractivity contribution in [2.45, 2.75) is 38.9 Å².